The SMILES string of the molecule is CCC1CC(NCCCO)CN(c2ccc(F)cc2)C1. The Morgan fingerprint density at radius 2 is 2.05 bits per heavy atom. The number of benzene rings is 1. The fraction of sp³-hybridized carbons (Fsp3) is 0.625. The van der Waals surface area contributed by atoms with Crippen molar-refractivity contribution in [3.05, 3.63) is 30.1 Å². The predicted octanol–water partition coefficient (Wildman–Crippen LogP) is 2.40. The first kappa shape index (κ1) is 15.3. The van der Waals surface area contributed by atoms with Gasteiger partial charge in [0.15, 0.2) is 0 Å². The molecule has 0 radical (unpaired) electrons. The van der Waals surface area contributed by atoms with E-state index in [1.54, 1.807) is 0 Å². The Hall–Kier alpha value is -1.13. The average Bonchev–Trinajstić information content (AvgIpc) is 2.48. The van der Waals surface area contributed by atoms with Crippen molar-refractivity contribution in [2.45, 2.75) is 32.2 Å². The lowest BCUT2D eigenvalue weighted by Gasteiger charge is -2.39. The summed E-state index contributed by atoms with van der Waals surface area (Å²) in [7, 11) is 0. The normalized spacial score (nSPS) is 23.1. The van der Waals surface area contributed by atoms with E-state index in [-0.39, 0.29) is 12.4 Å². The summed E-state index contributed by atoms with van der Waals surface area (Å²) in [6, 6.07) is 7.22. The van der Waals surface area contributed by atoms with Crippen LogP contribution in [0.1, 0.15) is 26.2 Å². The number of piperidine rings is 1. The van der Waals surface area contributed by atoms with Gasteiger partial charge in [-0.3, -0.25) is 0 Å². The highest BCUT2D eigenvalue weighted by molar-refractivity contribution is 5.47. The minimum absolute atomic E-state index is 0.185. The van der Waals surface area contributed by atoms with E-state index < -0.39 is 0 Å². The number of aliphatic hydroxyl groups excluding tert-OH is 1. The van der Waals surface area contributed by atoms with Crippen LogP contribution in [0.4, 0.5) is 10.1 Å². The van der Waals surface area contributed by atoms with Gasteiger partial charge in [-0.1, -0.05) is 13.3 Å². The molecule has 0 saturated carbocycles. The molecule has 1 saturated heterocycles. The first-order chi connectivity index (χ1) is 9.72. The highest BCUT2D eigenvalue weighted by Gasteiger charge is 2.25. The molecule has 0 spiro atoms. The number of aliphatic hydroxyl groups is 1. The maximum absolute atomic E-state index is 13.0. The molecule has 4 heteroatoms. The summed E-state index contributed by atoms with van der Waals surface area (Å²) in [6.07, 6.45) is 3.14. The molecule has 20 heavy (non-hydrogen) atoms. The van der Waals surface area contributed by atoms with Crippen LogP contribution in [0.25, 0.3) is 0 Å². The van der Waals surface area contributed by atoms with Crippen molar-refractivity contribution < 1.29 is 9.50 Å². The largest absolute Gasteiger partial charge is 0.396 e. The molecule has 1 aliphatic heterocycles. The summed E-state index contributed by atoms with van der Waals surface area (Å²) < 4.78 is 13.0. The Morgan fingerprint density at radius 3 is 2.70 bits per heavy atom. The van der Waals surface area contributed by atoms with Crippen LogP contribution < -0.4 is 10.2 Å². The van der Waals surface area contributed by atoms with E-state index in [1.807, 2.05) is 12.1 Å². The van der Waals surface area contributed by atoms with Gasteiger partial charge in [-0.25, -0.2) is 4.39 Å². The van der Waals surface area contributed by atoms with E-state index in [1.165, 1.54) is 18.6 Å². The molecule has 2 unspecified atom stereocenters. The molecule has 1 aliphatic rings. The van der Waals surface area contributed by atoms with Gasteiger partial charge in [0.2, 0.25) is 0 Å². The van der Waals surface area contributed by atoms with E-state index in [0.717, 1.165) is 38.2 Å². The van der Waals surface area contributed by atoms with E-state index in [0.29, 0.717) is 12.0 Å². The van der Waals surface area contributed by atoms with Gasteiger partial charge in [-0.15, -0.1) is 0 Å². The lowest BCUT2D eigenvalue weighted by atomic mass is 9.91. The second kappa shape index (κ2) is 7.60. The molecule has 1 aromatic rings. The third-order valence-electron chi connectivity index (χ3n) is 4.07. The number of anilines is 1. The summed E-state index contributed by atoms with van der Waals surface area (Å²) >= 11 is 0. The van der Waals surface area contributed by atoms with Crippen LogP contribution in [0, 0.1) is 11.7 Å². The van der Waals surface area contributed by atoms with Crippen LogP contribution in [0.3, 0.4) is 0 Å². The van der Waals surface area contributed by atoms with Gasteiger partial charge in [0.25, 0.3) is 0 Å². The summed E-state index contributed by atoms with van der Waals surface area (Å²) in [5.74, 6) is 0.482. The van der Waals surface area contributed by atoms with Gasteiger partial charge in [0.05, 0.1) is 0 Å². The fourth-order valence-corrected chi connectivity index (χ4v) is 2.90. The number of halogens is 1. The van der Waals surface area contributed by atoms with Gasteiger partial charge < -0.3 is 15.3 Å². The van der Waals surface area contributed by atoms with E-state index in [2.05, 4.69) is 17.1 Å². The molecular weight excluding hydrogens is 255 g/mol. The Labute approximate surface area is 120 Å². The lowest BCUT2D eigenvalue weighted by Crippen LogP contribution is -2.49. The van der Waals surface area contributed by atoms with Crippen molar-refractivity contribution in [1.82, 2.24) is 5.32 Å². The monoisotopic (exact) mass is 280 g/mol. The predicted molar refractivity (Wildman–Crippen MR) is 80.5 cm³/mol. The number of hydrogen-bond donors (Lipinski definition) is 2. The van der Waals surface area contributed by atoms with Crippen LogP contribution in [0.15, 0.2) is 24.3 Å². The van der Waals surface area contributed by atoms with E-state index in [4.69, 9.17) is 5.11 Å². The smallest absolute Gasteiger partial charge is 0.123 e. The second-order valence-electron chi connectivity index (χ2n) is 5.62. The molecule has 0 bridgehead atoms. The molecule has 1 aromatic carbocycles. The maximum Gasteiger partial charge on any atom is 0.123 e. The Bertz CT molecular complexity index is 396. The molecule has 2 N–H and O–H groups in total. The van der Waals surface area contributed by atoms with Crippen molar-refractivity contribution in [3.8, 4) is 0 Å². The molecule has 0 aromatic heterocycles. The van der Waals surface area contributed by atoms with Gasteiger partial charge in [0.1, 0.15) is 5.82 Å². The fourth-order valence-electron chi connectivity index (χ4n) is 2.90. The Balaban J connectivity index is 1.98. The van der Waals surface area contributed by atoms with Crippen molar-refractivity contribution >= 4 is 5.69 Å². The average molecular weight is 280 g/mol. The quantitative estimate of drug-likeness (QED) is 0.786. The Morgan fingerprint density at radius 1 is 1.30 bits per heavy atom. The maximum atomic E-state index is 13.0. The minimum atomic E-state index is -0.185. The molecule has 2 rings (SSSR count). The minimum Gasteiger partial charge on any atom is -0.396 e. The lowest BCUT2D eigenvalue weighted by molar-refractivity contribution is 0.273. The third kappa shape index (κ3) is 4.18. The van der Waals surface area contributed by atoms with Crippen molar-refractivity contribution in [2.24, 2.45) is 5.92 Å². The highest BCUT2D eigenvalue weighted by Crippen LogP contribution is 2.25. The molecule has 3 nitrogen and oxygen atoms in total. The molecule has 112 valence electrons. The van der Waals surface area contributed by atoms with Crippen molar-refractivity contribution in [2.75, 3.05) is 31.1 Å². The van der Waals surface area contributed by atoms with E-state index >= 15 is 0 Å². The summed E-state index contributed by atoms with van der Waals surface area (Å²) in [4.78, 5) is 2.34. The zero-order chi connectivity index (χ0) is 14.4. The molecule has 0 aliphatic carbocycles. The Kier molecular flexibility index (Phi) is 5.80. The van der Waals surface area contributed by atoms with Gasteiger partial charge in [0, 0.05) is 31.4 Å². The second-order valence-corrected chi connectivity index (χ2v) is 5.62. The summed E-state index contributed by atoms with van der Waals surface area (Å²) in [6.45, 7) is 5.31. The van der Waals surface area contributed by atoms with Crippen LogP contribution in [-0.4, -0.2) is 37.4 Å². The first-order valence-corrected chi connectivity index (χ1v) is 7.57. The van der Waals surface area contributed by atoms with Crippen LogP contribution in [-0.2, 0) is 0 Å². The number of nitrogens with zero attached hydrogens (tertiary/aromatic N) is 1. The molecule has 0 amide bonds. The summed E-state index contributed by atoms with van der Waals surface area (Å²) in [5, 5.41) is 12.4. The molecule has 2 atom stereocenters. The zero-order valence-electron chi connectivity index (χ0n) is 12.2. The van der Waals surface area contributed by atoms with Crippen LogP contribution in [0.2, 0.25) is 0 Å². The first-order valence-electron chi connectivity index (χ1n) is 7.57. The molecular formula is C16H25FN2O. The highest BCUT2D eigenvalue weighted by atomic mass is 19.1. The summed E-state index contributed by atoms with van der Waals surface area (Å²) in [5.41, 5.74) is 1.10. The number of hydrogen-bond acceptors (Lipinski definition) is 3. The molecule has 1 fully saturated rings. The van der Waals surface area contributed by atoms with Crippen LogP contribution >= 0.6 is 0 Å². The van der Waals surface area contributed by atoms with E-state index in [9.17, 15) is 4.39 Å². The standard InChI is InChI=1S/C16H25FN2O/c1-2-13-10-15(18-8-3-9-20)12-19(11-13)16-6-4-14(17)5-7-16/h4-7,13,15,18,20H,2-3,8-12H2,1H3. The van der Waals surface area contributed by atoms with Crippen LogP contribution in [0.5, 0.6) is 0 Å². The molecule has 1 heterocycles. The van der Waals surface area contributed by atoms with Crippen molar-refractivity contribution in [1.29, 1.82) is 0 Å². The van der Waals surface area contributed by atoms with Gasteiger partial charge >= 0.3 is 0 Å². The van der Waals surface area contributed by atoms with Crippen molar-refractivity contribution in [3.63, 3.8) is 0 Å². The topological polar surface area (TPSA) is 35.5 Å². The number of rotatable bonds is 6. The van der Waals surface area contributed by atoms with Gasteiger partial charge in [-0.2, -0.15) is 0 Å². The van der Waals surface area contributed by atoms with Gasteiger partial charge in [-0.05, 0) is 49.6 Å². The third-order valence-corrected chi connectivity index (χ3v) is 4.07. The zero-order valence-corrected chi connectivity index (χ0v) is 12.2. The number of nitrogens with one attached hydrogen (secondary N) is 1.